The molecule has 8 heteroatoms. The van der Waals surface area contributed by atoms with Crippen molar-refractivity contribution in [2.75, 3.05) is 13.2 Å². The minimum atomic E-state index is -3.28. The highest BCUT2D eigenvalue weighted by Crippen LogP contribution is 2.34. The third-order valence-electron chi connectivity index (χ3n) is 3.03. The molecule has 0 spiro atoms. The quantitative estimate of drug-likeness (QED) is 0.680. The van der Waals surface area contributed by atoms with Crippen LogP contribution in [0.5, 0.6) is 5.75 Å². The maximum absolute atomic E-state index is 12.1. The van der Waals surface area contributed by atoms with Crippen molar-refractivity contribution >= 4 is 15.9 Å². The number of ether oxygens (including phenoxy) is 1. The zero-order valence-electron chi connectivity index (χ0n) is 11.2. The molecule has 1 fully saturated rings. The molecular formula is C13H17NO6S. The number of aliphatic hydroxyl groups is 1. The molecule has 0 bridgehead atoms. The first-order chi connectivity index (χ1) is 9.89. The molecule has 0 aliphatic heterocycles. The van der Waals surface area contributed by atoms with E-state index in [1.807, 2.05) is 5.32 Å². The Hall–Kier alpha value is -1.80. The topological polar surface area (TPSA) is 113 Å². The zero-order chi connectivity index (χ0) is 15.5. The summed E-state index contributed by atoms with van der Waals surface area (Å²) in [5.74, 6) is 0.325. The maximum Gasteiger partial charge on any atom is 0.404 e. The van der Waals surface area contributed by atoms with Crippen molar-refractivity contribution in [2.45, 2.75) is 29.1 Å². The van der Waals surface area contributed by atoms with E-state index in [2.05, 4.69) is 0 Å². The van der Waals surface area contributed by atoms with Crippen molar-refractivity contribution in [3.8, 4) is 5.75 Å². The number of carbonyl (C=O) groups is 1. The first-order valence-corrected chi connectivity index (χ1v) is 8.06. The first-order valence-electron chi connectivity index (χ1n) is 6.51. The van der Waals surface area contributed by atoms with Crippen LogP contribution >= 0.6 is 0 Å². The van der Waals surface area contributed by atoms with Gasteiger partial charge in [0.05, 0.1) is 16.7 Å². The summed E-state index contributed by atoms with van der Waals surface area (Å²) >= 11 is 0. The maximum atomic E-state index is 12.1. The van der Waals surface area contributed by atoms with E-state index >= 15 is 0 Å². The van der Waals surface area contributed by atoms with Gasteiger partial charge in [-0.15, -0.1) is 0 Å². The normalized spacial score (nSPS) is 16.2. The number of amides is 1. The van der Waals surface area contributed by atoms with E-state index < -0.39 is 22.0 Å². The van der Waals surface area contributed by atoms with Gasteiger partial charge in [0.25, 0.3) is 0 Å². The molecule has 1 aliphatic carbocycles. The first kappa shape index (κ1) is 15.6. The minimum absolute atomic E-state index is 0.132. The van der Waals surface area contributed by atoms with Gasteiger partial charge >= 0.3 is 6.09 Å². The Labute approximate surface area is 122 Å². The molecule has 7 nitrogen and oxygen atoms in total. The number of benzene rings is 1. The average molecular weight is 315 g/mol. The van der Waals surface area contributed by atoms with E-state index in [9.17, 15) is 18.3 Å². The summed E-state index contributed by atoms with van der Waals surface area (Å²) in [7, 11) is -3.28. The van der Waals surface area contributed by atoms with Crippen molar-refractivity contribution in [2.24, 2.45) is 0 Å². The van der Waals surface area contributed by atoms with Gasteiger partial charge in [-0.25, -0.2) is 13.2 Å². The summed E-state index contributed by atoms with van der Waals surface area (Å²) in [4.78, 5) is 10.5. The molecule has 0 aromatic heterocycles. The number of hydrogen-bond donors (Lipinski definition) is 3. The van der Waals surface area contributed by atoms with Crippen molar-refractivity contribution < 1.29 is 28.2 Å². The summed E-state index contributed by atoms with van der Waals surface area (Å²) in [5, 5.41) is 19.7. The fourth-order valence-corrected chi connectivity index (χ4v) is 3.46. The summed E-state index contributed by atoms with van der Waals surface area (Å²) in [6, 6.07) is 6.10. The number of rotatable bonds is 7. The van der Waals surface area contributed by atoms with Gasteiger partial charge < -0.3 is 20.3 Å². The van der Waals surface area contributed by atoms with Crippen LogP contribution in [0.2, 0.25) is 0 Å². The Balaban J connectivity index is 1.94. The predicted octanol–water partition coefficient (Wildman–Crippen LogP) is 0.630. The van der Waals surface area contributed by atoms with Gasteiger partial charge in [-0.2, -0.15) is 0 Å². The van der Waals surface area contributed by atoms with E-state index in [-0.39, 0.29) is 23.3 Å². The second-order valence-corrected chi connectivity index (χ2v) is 7.10. The SMILES string of the molecule is O=C(O)NC[C@H](O)COc1cccc(S(=O)(=O)C2CC2)c1. The van der Waals surface area contributed by atoms with Crippen LogP contribution in [0.15, 0.2) is 29.2 Å². The van der Waals surface area contributed by atoms with Crippen LogP contribution in [-0.4, -0.2) is 49.2 Å². The van der Waals surface area contributed by atoms with Crippen LogP contribution in [0.1, 0.15) is 12.8 Å². The molecule has 2 rings (SSSR count). The molecule has 21 heavy (non-hydrogen) atoms. The summed E-state index contributed by atoms with van der Waals surface area (Å²) in [6.07, 6.45) is -0.864. The molecule has 1 aromatic rings. The molecule has 1 saturated carbocycles. The lowest BCUT2D eigenvalue weighted by molar-refractivity contribution is 0.104. The Morgan fingerprint density at radius 2 is 2.14 bits per heavy atom. The summed E-state index contributed by atoms with van der Waals surface area (Å²) in [5.41, 5.74) is 0. The van der Waals surface area contributed by atoms with Gasteiger partial charge in [0.1, 0.15) is 18.5 Å². The molecular weight excluding hydrogens is 298 g/mol. The van der Waals surface area contributed by atoms with Gasteiger partial charge in [-0.05, 0) is 31.0 Å². The number of nitrogens with one attached hydrogen (secondary N) is 1. The van der Waals surface area contributed by atoms with Gasteiger partial charge in [0, 0.05) is 0 Å². The highest BCUT2D eigenvalue weighted by Gasteiger charge is 2.36. The lowest BCUT2D eigenvalue weighted by atomic mass is 10.3. The molecule has 116 valence electrons. The third-order valence-corrected chi connectivity index (χ3v) is 5.29. The predicted molar refractivity (Wildman–Crippen MR) is 74.2 cm³/mol. The van der Waals surface area contributed by atoms with E-state index in [0.29, 0.717) is 18.6 Å². The number of aliphatic hydroxyl groups excluding tert-OH is 1. The molecule has 1 amide bonds. The third kappa shape index (κ3) is 4.33. The van der Waals surface area contributed by atoms with Gasteiger partial charge in [-0.1, -0.05) is 6.07 Å². The lowest BCUT2D eigenvalue weighted by Gasteiger charge is -2.13. The highest BCUT2D eigenvalue weighted by atomic mass is 32.2. The minimum Gasteiger partial charge on any atom is -0.491 e. The fraction of sp³-hybridized carbons (Fsp3) is 0.462. The number of sulfone groups is 1. The largest absolute Gasteiger partial charge is 0.491 e. The van der Waals surface area contributed by atoms with Gasteiger partial charge in [-0.3, -0.25) is 0 Å². The average Bonchev–Trinajstić information content (AvgIpc) is 3.28. The Morgan fingerprint density at radius 1 is 1.43 bits per heavy atom. The van der Waals surface area contributed by atoms with E-state index in [1.54, 1.807) is 12.1 Å². The fourth-order valence-electron chi connectivity index (χ4n) is 1.77. The molecule has 3 N–H and O–H groups in total. The van der Waals surface area contributed by atoms with Crippen LogP contribution in [0.4, 0.5) is 4.79 Å². The summed E-state index contributed by atoms with van der Waals surface area (Å²) < 4.78 is 29.5. The second-order valence-electron chi connectivity index (χ2n) is 4.87. The van der Waals surface area contributed by atoms with E-state index in [0.717, 1.165) is 0 Å². The lowest BCUT2D eigenvalue weighted by Crippen LogP contribution is -2.34. The van der Waals surface area contributed by atoms with Crippen LogP contribution in [0.25, 0.3) is 0 Å². The number of hydrogen-bond acceptors (Lipinski definition) is 5. The smallest absolute Gasteiger partial charge is 0.404 e. The van der Waals surface area contributed by atoms with Crippen LogP contribution < -0.4 is 10.1 Å². The molecule has 0 saturated heterocycles. The number of carboxylic acid groups (broad SMARTS) is 1. The van der Waals surface area contributed by atoms with Crippen molar-refractivity contribution in [3.05, 3.63) is 24.3 Å². The van der Waals surface area contributed by atoms with Crippen molar-refractivity contribution in [3.63, 3.8) is 0 Å². The van der Waals surface area contributed by atoms with Crippen LogP contribution in [0, 0.1) is 0 Å². The Morgan fingerprint density at radius 3 is 2.76 bits per heavy atom. The second kappa shape index (κ2) is 6.31. The van der Waals surface area contributed by atoms with Crippen LogP contribution in [-0.2, 0) is 9.84 Å². The van der Waals surface area contributed by atoms with E-state index in [4.69, 9.17) is 9.84 Å². The Kier molecular flexibility index (Phi) is 4.69. The standard InChI is InChI=1S/C13H17NO6S/c15-9(7-14-13(16)17)8-20-10-2-1-3-12(6-10)21(18,19)11-4-5-11/h1-3,6,9,11,14-15H,4-5,7-8H2,(H,16,17)/t9-/m0/s1. The molecule has 1 aromatic carbocycles. The monoisotopic (exact) mass is 315 g/mol. The molecule has 1 atom stereocenters. The van der Waals surface area contributed by atoms with Gasteiger partial charge in [0.15, 0.2) is 9.84 Å². The molecule has 0 unspecified atom stereocenters. The van der Waals surface area contributed by atoms with Gasteiger partial charge in [0.2, 0.25) is 0 Å². The van der Waals surface area contributed by atoms with Crippen molar-refractivity contribution in [1.82, 2.24) is 5.32 Å². The zero-order valence-corrected chi connectivity index (χ0v) is 12.0. The van der Waals surface area contributed by atoms with Crippen molar-refractivity contribution in [1.29, 1.82) is 0 Å². The molecule has 0 radical (unpaired) electrons. The molecule has 1 aliphatic rings. The van der Waals surface area contributed by atoms with E-state index in [1.165, 1.54) is 12.1 Å². The Bertz CT molecular complexity index is 611. The van der Waals surface area contributed by atoms with Crippen LogP contribution in [0.3, 0.4) is 0 Å². The molecule has 0 heterocycles. The summed E-state index contributed by atoms with van der Waals surface area (Å²) in [6.45, 7) is -0.289. The highest BCUT2D eigenvalue weighted by molar-refractivity contribution is 7.92.